The number of ether oxygens (including phenoxy) is 2. The molecule has 2 amide bonds. The van der Waals surface area contributed by atoms with Crippen molar-refractivity contribution >= 4 is 79.8 Å². The first-order valence-electron chi connectivity index (χ1n) is 27.7. The summed E-state index contributed by atoms with van der Waals surface area (Å²) >= 11 is 0. The first-order chi connectivity index (χ1) is 41.2. The maximum Gasteiger partial charge on any atom is 0.534 e. The number of benzene rings is 4. The van der Waals surface area contributed by atoms with E-state index in [9.17, 15) is 40.0 Å². The monoisotopic (exact) mass is 1220 g/mol. The Morgan fingerprint density at radius 2 is 1.25 bits per heavy atom. The van der Waals surface area contributed by atoms with Gasteiger partial charge in [0, 0.05) is 134 Å². The topological polar surface area (TPSA) is 234 Å². The third-order valence-corrected chi connectivity index (χ3v) is 15.2. The van der Waals surface area contributed by atoms with Crippen molar-refractivity contribution in [2.75, 3.05) is 49.9 Å². The number of nitrogens with zero attached hydrogens (tertiary/aromatic N) is 8. The summed E-state index contributed by atoms with van der Waals surface area (Å²) in [6.45, 7) is 16.7. The highest BCUT2D eigenvalue weighted by molar-refractivity contribution is 7.88. The molecule has 4 aromatic heterocycles. The largest absolute Gasteiger partial charge is 0.534 e. The summed E-state index contributed by atoms with van der Waals surface area (Å²) in [5.74, 6) is -1.50. The van der Waals surface area contributed by atoms with Gasteiger partial charge < -0.3 is 48.7 Å². The number of alkyl halides is 3. The molecule has 0 aliphatic carbocycles. The molecule has 0 atom stereocenters. The second-order valence-corrected chi connectivity index (χ2v) is 23.9. The van der Waals surface area contributed by atoms with Crippen LogP contribution >= 0.6 is 0 Å². The molecule has 11 rings (SSSR count). The number of amides is 2. The van der Waals surface area contributed by atoms with Crippen molar-refractivity contribution in [1.82, 2.24) is 45.0 Å². The van der Waals surface area contributed by atoms with Gasteiger partial charge in [-0.05, 0) is 121 Å². The van der Waals surface area contributed by atoms with E-state index < -0.39 is 45.0 Å². The molecule has 27 heteroatoms. The lowest BCUT2D eigenvalue weighted by molar-refractivity contribution is -0.0501. The Morgan fingerprint density at radius 3 is 1.78 bits per heavy atom. The van der Waals surface area contributed by atoms with E-state index in [0.717, 1.165) is 41.1 Å². The molecular formula is C60H63BF5N11O9S. The van der Waals surface area contributed by atoms with E-state index in [1.54, 1.807) is 76.0 Å². The zero-order valence-corrected chi connectivity index (χ0v) is 49.4. The second kappa shape index (κ2) is 26.1. The van der Waals surface area contributed by atoms with E-state index in [1.165, 1.54) is 47.5 Å². The van der Waals surface area contributed by atoms with Gasteiger partial charge in [-0.15, -0.1) is 0 Å². The fourth-order valence-electron chi connectivity index (χ4n) is 9.08. The Morgan fingerprint density at radius 1 is 0.690 bits per heavy atom. The molecule has 8 aromatic rings. The van der Waals surface area contributed by atoms with E-state index in [0.29, 0.717) is 54.3 Å². The molecule has 3 saturated heterocycles. The number of fused-ring (bicyclic) bond motifs is 2. The van der Waals surface area contributed by atoms with E-state index in [1.807, 2.05) is 62.9 Å². The molecule has 0 radical (unpaired) electrons. The third kappa shape index (κ3) is 16.1. The lowest BCUT2D eigenvalue weighted by atomic mass is 9.80. The zero-order valence-electron chi connectivity index (χ0n) is 48.6. The highest BCUT2D eigenvalue weighted by Crippen LogP contribution is 2.39. The van der Waals surface area contributed by atoms with Crippen LogP contribution in [0.15, 0.2) is 134 Å². The number of likely N-dealkylation sites (tertiary alicyclic amines) is 1. The highest BCUT2D eigenvalue weighted by Gasteiger charge is 2.52. The van der Waals surface area contributed by atoms with Crippen molar-refractivity contribution < 1.29 is 62.9 Å². The average Bonchev–Trinajstić information content (AvgIpc) is 3.08. The number of anilines is 4. The van der Waals surface area contributed by atoms with Gasteiger partial charge in [0.15, 0.2) is 11.5 Å². The van der Waals surface area contributed by atoms with Gasteiger partial charge in [0.25, 0.3) is 5.91 Å². The number of pyridine rings is 2. The summed E-state index contributed by atoms with van der Waals surface area (Å²) in [6, 6.07) is 25.2. The van der Waals surface area contributed by atoms with E-state index in [4.69, 9.17) is 18.8 Å². The van der Waals surface area contributed by atoms with Gasteiger partial charge in [0.05, 0.1) is 22.2 Å². The number of hydrogen-bond acceptors (Lipinski definition) is 18. The van der Waals surface area contributed by atoms with Crippen LogP contribution in [0.1, 0.15) is 71.7 Å². The third-order valence-electron chi connectivity index (χ3n) is 14.2. The Hall–Kier alpha value is -8.66. The van der Waals surface area contributed by atoms with Crippen molar-refractivity contribution in [2.24, 2.45) is 0 Å². The van der Waals surface area contributed by atoms with Crippen LogP contribution in [-0.4, -0.2) is 135 Å². The van der Waals surface area contributed by atoms with Crippen LogP contribution in [-0.2, 0) is 24.2 Å². The average molecular weight is 1220 g/mol. The Bertz CT molecular complexity index is 3840. The number of piperazine rings is 1. The first-order valence-corrected chi connectivity index (χ1v) is 29.1. The summed E-state index contributed by atoms with van der Waals surface area (Å²) in [4.78, 5) is 54.7. The predicted molar refractivity (Wildman–Crippen MR) is 317 cm³/mol. The molecule has 456 valence electrons. The molecular weight excluding hydrogens is 1160 g/mol. The van der Waals surface area contributed by atoms with Gasteiger partial charge in [0.2, 0.25) is 11.9 Å². The van der Waals surface area contributed by atoms with Crippen molar-refractivity contribution in [2.45, 2.75) is 89.7 Å². The molecule has 0 saturated carbocycles. The lowest BCUT2D eigenvalue weighted by Crippen LogP contribution is -2.46. The molecule has 0 bridgehead atoms. The standard InChI is InChI=1S/C25H26F4N4O6S.C24H21FN6O.C11H16BNO2/c1-24(2,3)38-23(34)33-9-7-18(8-10-33)37-20-13-19-15(11-21(20)39-40(35,36)25(27,28)29)14-30-22(32-19)31-17-6-4-5-16(26)12-17;25-18-4-1-5-19(12-18)29-24-28-15-17-11-20(16-3-2-6-27-14-16)21(13-22(17)30-24)23(32)31-9-7-26-8-10-31;1-10(2)11(3,4)15-12(14-10)9-6-5-7-13-8-9/h4-6,11-14,18H,7-10H2,1-3H3,(H,30,31,32);1-6,11-15,26H,7-10H2,(H,28,29,30);5-8H,1-4H3. The Balaban J connectivity index is 0.000000170. The van der Waals surface area contributed by atoms with Crippen molar-refractivity contribution in [3.05, 3.63) is 151 Å². The molecule has 0 spiro atoms. The first kappa shape index (κ1) is 62.9. The molecule has 20 nitrogen and oxygen atoms in total. The molecule has 87 heavy (non-hydrogen) atoms. The van der Waals surface area contributed by atoms with Crippen LogP contribution in [0.3, 0.4) is 0 Å². The van der Waals surface area contributed by atoms with Crippen LogP contribution < -0.4 is 30.3 Å². The number of carbonyl (C=O) groups excluding carboxylic acids is 2. The Labute approximate surface area is 499 Å². The van der Waals surface area contributed by atoms with Crippen LogP contribution in [0, 0.1) is 11.6 Å². The molecule has 7 heterocycles. The molecule has 3 fully saturated rings. The maximum absolute atomic E-state index is 13.5. The lowest BCUT2D eigenvalue weighted by Gasteiger charge is -2.33. The van der Waals surface area contributed by atoms with E-state index in [-0.39, 0.29) is 65.7 Å². The van der Waals surface area contributed by atoms with Gasteiger partial charge in [-0.2, -0.15) is 21.6 Å². The van der Waals surface area contributed by atoms with Crippen LogP contribution in [0.2, 0.25) is 0 Å². The summed E-state index contributed by atoms with van der Waals surface area (Å²) in [5.41, 5.74) is -2.02. The zero-order chi connectivity index (χ0) is 62.3. The van der Waals surface area contributed by atoms with Crippen molar-refractivity contribution in [1.29, 1.82) is 0 Å². The van der Waals surface area contributed by atoms with Crippen LogP contribution in [0.5, 0.6) is 11.5 Å². The molecule has 3 N–H and O–H groups in total. The smallest absolute Gasteiger partial charge is 0.486 e. The van der Waals surface area contributed by atoms with Crippen LogP contribution in [0.4, 0.5) is 50.0 Å². The van der Waals surface area contributed by atoms with Gasteiger partial charge in [-0.25, -0.2) is 33.5 Å². The summed E-state index contributed by atoms with van der Waals surface area (Å²) in [7, 11) is -6.31. The number of nitrogens with one attached hydrogen (secondary N) is 3. The van der Waals surface area contributed by atoms with E-state index in [2.05, 4.69) is 50.0 Å². The van der Waals surface area contributed by atoms with Gasteiger partial charge in [-0.1, -0.05) is 24.3 Å². The number of rotatable bonds is 11. The summed E-state index contributed by atoms with van der Waals surface area (Å²) in [5, 5.41) is 10.1. The molecule has 3 aliphatic rings. The van der Waals surface area contributed by atoms with Crippen molar-refractivity contribution in [3.63, 3.8) is 0 Å². The van der Waals surface area contributed by atoms with Gasteiger partial charge >= 0.3 is 28.8 Å². The minimum atomic E-state index is -6.01. The fourth-order valence-corrected chi connectivity index (χ4v) is 9.55. The number of piperidine rings is 1. The minimum Gasteiger partial charge on any atom is -0.486 e. The predicted octanol–water partition coefficient (Wildman–Crippen LogP) is 10.5. The van der Waals surface area contributed by atoms with Crippen molar-refractivity contribution in [3.8, 4) is 22.6 Å². The second-order valence-electron chi connectivity index (χ2n) is 22.4. The number of hydrogen-bond donors (Lipinski definition) is 3. The highest BCUT2D eigenvalue weighted by atomic mass is 32.2. The number of halogens is 5. The molecule has 4 aromatic carbocycles. The minimum absolute atomic E-state index is 0.0366. The number of aromatic nitrogens is 6. The molecule has 3 aliphatic heterocycles. The summed E-state index contributed by atoms with van der Waals surface area (Å²) < 4.78 is 117. The normalized spacial score (nSPS) is 16.0. The quantitative estimate of drug-likeness (QED) is 0.0473. The molecule has 0 unspecified atom stereocenters. The summed E-state index contributed by atoms with van der Waals surface area (Å²) in [6.07, 6.45) is 9.40. The fraction of sp³-hybridized carbons (Fsp3) is 0.333. The Kier molecular flexibility index (Phi) is 18.9. The maximum atomic E-state index is 13.5. The number of carbonyl (C=O) groups is 2. The SMILES string of the molecule is CC(C)(C)OC(=O)N1CCC(Oc2cc3nc(Nc4cccc(F)c4)ncc3cc2OS(=O)(=O)C(F)(F)F)CC1.CC1(C)OB(c2cccnc2)OC1(C)C.O=C(c1cc2nc(Nc3cccc(F)c3)ncc2cc1-c1cccnc1)N1CCNCC1. The van der Waals surface area contributed by atoms with E-state index >= 15 is 0 Å². The van der Waals surface area contributed by atoms with Gasteiger partial charge in [0.1, 0.15) is 23.3 Å². The van der Waals surface area contributed by atoms with Gasteiger partial charge in [-0.3, -0.25) is 14.8 Å². The van der Waals surface area contributed by atoms with Crippen LogP contribution in [0.25, 0.3) is 32.9 Å².